The second-order valence-corrected chi connectivity index (χ2v) is 7.22. The molecule has 2 N–H and O–H groups in total. The Hall–Kier alpha value is -1.20. The number of nitrogens with one attached hydrogen (secondary N) is 2. The van der Waals surface area contributed by atoms with Crippen LogP contribution < -0.4 is 5.32 Å². The third kappa shape index (κ3) is 3.52. The van der Waals surface area contributed by atoms with Gasteiger partial charge in [-0.1, -0.05) is 36.2 Å². The molecule has 1 fully saturated rings. The molecule has 1 aromatic heterocycles. The van der Waals surface area contributed by atoms with Crippen LogP contribution in [0.5, 0.6) is 0 Å². The Morgan fingerprint density at radius 1 is 1.48 bits per heavy atom. The van der Waals surface area contributed by atoms with Crippen molar-refractivity contribution in [1.82, 2.24) is 15.3 Å². The van der Waals surface area contributed by atoms with Gasteiger partial charge in [-0.15, -0.1) is 0 Å². The topological polar surface area (TPSA) is 57.8 Å². The maximum Gasteiger partial charge on any atom is 0.233 e. The fourth-order valence-corrected chi connectivity index (χ4v) is 3.63. The monoisotopic (exact) mass is 323 g/mol. The maximum atomic E-state index is 12.2. The Labute approximate surface area is 133 Å². The molecule has 1 amide bonds. The molecule has 0 spiro atoms. The van der Waals surface area contributed by atoms with E-state index in [9.17, 15) is 4.79 Å². The molecule has 1 aromatic carbocycles. The second-order valence-electron chi connectivity index (χ2n) is 5.45. The quantitative estimate of drug-likeness (QED) is 0.842. The van der Waals surface area contributed by atoms with Crippen molar-refractivity contribution in [3.8, 4) is 0 Å². The number of benzene rings is 1. The summed E-state index contributed by atoms with van der Waals surface area (Å²) in [7, 11) is 0. The zero-order chi connectivity index (χ0) is 14.8. The number of halogens is 1. The molecular weight excluding hydrogens is 306 g/mol. The Morgan fingerprint density at radius 3 is 3.00 bits per heavy atom. The van der Waals surface area contributed by atoms with Crippen molar-refractivity contribution < 1.29 is 4.79 Å². The zero-order valence-corrected chi connectivity index (χ0v) is 13.4. The molecule has 1 unspecified atom stereocenters. The van der Waals surface area contributed by atoms with Gasteiger partial charge in [0.25, 0.3) is 0 Å². The molecule has 0 aliphatic heterocycles. The van der Waals surface area contributed by atoms with Crippen molar-refractivity contribution >= 4 is 40.3 Å². The molecule has 6 heteroatoms. The number of hydrogen-bond donors (Lipinski definition) is 2. The Morgan fingerprint density at radius 2 is 2.24 bits per heavy atom. The summed E-state index contributed by atoms with van der Waals surface area (Å²) >= 11 is 7.41. The maximum absolute atomic E-state index is 12.2. The standard InChI is InChI=1S/C15H18ClN3OS/c1-9(14(20)17-11-4-2-3-5-11)21-15-18-12-7-6-10(16)8-13(12)19-15/h6-9,11H,2-5H2,1H3,(H,17,20)(H,18,19). The van der Waals surface area contributed by atoms with E-state index >= 15 is 0 Å². The number of carbonyl (C=O) groups is 1. The number of aromatic nitrogens is 2. The Bertz CT molecular complexity index is 651. The van der Waals surface area contributed by atoms with Crippen LogP contribution in [0.2, 0.25) is 5.02 Å². The van der Waals surface area contributed by atoms with Crippen LogP contribution >= 0.6 is 23.4 Å². The minimum Gasteiger partial charge on any atom is -0.352 e. The largest absolute Gasteiger partial charge is 0.352 e. The summed E-state index contributed by atoms with van der Waals surface area (Å²) < 4.78 is 0. The van der Waals surface area contributed by atoms with Crippen molar-refractivity contribution in [2.45, 2.75) is 49.1 Å². The van der Waals surface area contributed by atoms with E-state index in [0.717, 1.165) is 29.0 Å². The van der Waals surface area contributed by atoms with Crippen LogP contribution in [0.3, 0.4) is 0 Å². The molecule has 0 radical (unpaired) electrons. The SMILES string of the molecule is CC(Sc1nc2ccc(Cl)cc2[nH]1)C(=O)NC1CCCC1. The number of hydrogen-bond acceptors (Lipinski definition) is 3. The number of fused-ring (bicyclic) bond motifs is 1. The normalized spacial score (nSPS) is 17.2. The van der Waals surface area contributed by atoms with Crippen molar-refractivity contribution in [3.05, 3.63) is 23.2 Å². The summed E-state index contributed by atoms with van der Waals surface area (Å²) in [6, 6.07) is 5.89. The number of H-pyrrole nitrogens is 1. The average Bonchev–Trinajstić information content (AvgIpc) is 3.07. The minimum atomic E-state index is -0.165. The summed E-state index contributed by atoms with van der Waals surface area (Å²) in [6.45, 7) is 1.91. The van der Waals surface area contributed by atoms with Crippen molar-refractivity contribution in [1.29, 1.82) is 0 Å². The van der Waals surface area contributed by atoms with Crippen LogP contribution in [0.4, 0.5) is 0 Å². The lowest BCUT2D eigenvalue weighted by Crippen LogP contribution is -2.37. The van der Waals surface area contributed by atoms with Crippen molar-refractivity contribution in [2.24, 2.45) is 0 Å². The van der Waals surface area contributed by atoms with E-state index in [1.165, 1.54) is 24.6 Å². The van der Waals surface area contributed by atoms with E-state index in [0.29, 0.717) is 11.1 Å². The van der Waals surface area contributed by atoms with Gasteiger partial charge in [0, 0.05) is 11.1 Å². The van der Waals surface area contributed by atoms with Gasteiger partial charge in [-0.2, -0.15) is 0 Å². The molecule has 1 aliphatic carbocycles. The first-order chi connectivity index (χ1) is 10.1. The van der Waals surface area contributed by atoms with E-state index in [4.69, 9.17) is 11.6 Å². The average molecular weight is 324 g/mol. The molecule has 21 heavy (non-hydrogen) atoms. The van der Waals surface area contributed by atoms with E-state index in [2.05, 4.69) is 15.3 Å². The van der Waals surface area contributed by atoms with Gasteiger partial charge < -0.3 is 10.3 Å². The van der Waals surface area contributed by atoms with Gasteiger partial charge in [0.05, 0.1) is 16.3 Å². The number of amides is 1. The van der Waals surface area contributed by atoms with Crippen LogP contribution in [-0.2, 0) is 4.79 Å². The van der Waals surface area contributed by atoms with Crippen LogP contribution in [0.15, 0.2) is 23.4 Å². The highest BCUT2D eigenvalue weighted by molar-refractivity contribution is 8.00. The van der Waals surface area contributed by atoms with Crippen LogP contribution in [0.1, 0.15) is 32.6 Å². The lowest BCUT2D eigenvalue weighted by Gasteiger charge is -2.15. The lowest BCUT2D eigenvalue weighted by atomic mass is 10.2. The summed E-state index contributed by atoms with van der Waals surface area (Å²) in [6.07, 6.45) is 4.64. The summed E-state index contributed by atoms with van der Waals surface area (Å²) in [4.78, 5) is 19.9. The highest BCUT2D eigenvalue weighted by atomic mass is 35.5. The van der Waals surface area contributed by atoms with Crippen LogP contribution in [0, 0.1) is 0 Å². The molecule has 1 saturated carbocycles. The molecule has 112 valence electrons. The van der Waals surface area contributed by atoms with Crippen LogP contribution in [-0.4, -0.2) is 27.2 Å². The smallest absolute Gasteiger partial charge is 0.233 e. The summed E-state index contributed by atoms with van der Waals surface area (Å²) in [5.74, 6) is 0.0883. The number of thioether (sulfide) groups is 1. The van der Waals surface area contributed by atoms with Gasteiger partial charge >= 0.3 is 0 Å². The molecule has 0 saturated heterocycles. The molecule has 1 atom stereocenters. The van der Waals surface area contributed by atoms with Gasteiger partial charge in [0.2, 0.25) is 5.91 Å². The molecule has 4 nitrogen and oxygen atoms in total. The van der Waals surface area contributed by atoms with E-state index in [1.54, 1.807) is 0 Å². The molecule has 3 rings (SSSR count). The van der Waals surface area contributed by atoms with E-state index < -0.39 is 0 Å². The molecule has 1 heterocycles. The van der Waals surface area contributed by atoms with E-state index in [1.807, 2.05) is 25.1 Å². The predicted molar refractivity (Wildman–Crippen MR) is 86.8 cm³/mol. The highest BCUT2D eigenvalue weighted by Gasteiger charge is 2.22. The van der Waals surface area contributed by atoms with Gasteiger partial charge in [-0.25, -0.2) is 4.98 Å². The van der Waals surface area contributed by atoms with Gasteiger partial charge in [0.1, 0.15) is 0 Å². The Balaban J connectivity index is 1.64. The first kappa shape index (κ1) is 14.7. The van der Waals surface area contributed by atoms with E-state index in [-0.39, 0.29) is 11.2 Å². The Kier molecular flexibility index (Phi) is 4.40. The number of imidazole rings is 1. The lowest BCUT2D eigenvalue weighted by molar-refractivity contribution is -0.120. The summed E-state index contributed by atoms with van der Waals surface area (Å²) in [5.41, 5.74) is 1.76. The van der Waals surface area contributed by atoms with Crippen LogP contribution in [0.25, 0.3) is 11.0 Å². The van der Waals surface area contributed by atoms with Crippen molar-refractivity contribution in [3.63, 3.8) is 0 Å². The number of aromatic amines is 1. The number of nitrogens with zero attached hydrogens (tertiary/aromatic N) is 1. The molecular formula is C15H18ClN3OS. The zero-order valence-electron chi connectivity index (χ0n) is 11.9. The molecule has 0 bridgehead atoms. The fourth-order valence-electron chi connectivity index (χ4n) is 2.62. The van der Waals surface area contributed by atoms with Gasteiger partial charge in [-0.3, -0.25) is 4.79 Å². The summed E-state index contributed by atoms with van der Waals surface area (Å²) in [5, 5.41) is 4.38. The first-order valence-electron chi connectivity index (χ1n) is 7.24. The molecule has 2 aromatic rings. The fraction of sp³-hybridized carbons (Fsp3) is 0.467. The van der Waals surface area contributed by atoms with Gasteiger partial charge in [-0.05, 0) is 38.0 Å². The molecule has 1 aliphatic rings. The third-order valence-corrected chi connectivity index (χ3v) is 5.00. The minimum absolute atomic E-state index is 0.0883. The van der Waals surface area contributed by atoms with Gasteiger partial charge in [0.15, 0.2) is 5.16 Å². The highest BCUT2D eigenvalue weighted by Crippen LogP contribution is 2.26. The second kappa shape index (κ2) is 6.28. The number of carbonyl (C=O) groups excluding carboxylic acids is 1. The third-order valence-electron chi connectivity index (χ3n) is 3.78. The first-order valence-corrected chi connectivity index (χ1v) is 8.50. The predicted octanol–water partition coefficient (Wildman–Crippen LogP) is 3.76. The number of rotatable bonds is 4. The van der Waals surface area contributed by atoms with Crippen molar-refractivity contribution in [2.75, 3.05) is 0 Å².